The van der Waals surface area contributed by atoms with Crippen molar-refractivity contribution >= 4 is 33.7 Å². The minimum atomic E-state index is -0.571. The van der Waals surface area contributed by atoms with Crippen LogP contribution in [0.1, 0.15) is 45.1 Å². The third-order valence-electron chi connectivity index (χ3n) is 9.26. The number of amides is 1. The molecule has 45 heavy (non-hydrogen) atoms. The van der Waals surface area contributed by atoms with Gasteiger partial charge in [-0.15, -0.1) is 0 Å². The Morgan fingerprint density at radius 1 is 1.22 bits per heavy atom. The Hall–Kier alpha value is -4.10. The number of aromatic nitrogens is 5. The van der Waals surface area contributed by atoms with Gasteiger partial charge in [0.25, 0.3) is 0 Å². The van der Waals surface area contributed by atoms with Gasteiger partial charge in [0.15, 0.2) is 5.82 Å². The molecule has 3 fully saturated rings. The number of carbonyl (C=O) groups is 1. The van der Waals surface area contributed by atoms with Crippen molar-refractivity contribution in [3.8, 4) is 17.3 Å². The van der Waals surface area contributed by atoms with Gasteiger partial charge in [0.1, 0.15) is 23.6 Å². The van der Waals surface area contributed by atoms with Crippen LogP contribution in [-0.4, -0.2) is 99.8 Å². The van der Waals surface area contributed by atoms with E-state index >= 15 is 4.39 Å². The molecule has 1 amide bonds. The van der Waals surface area contributed by atoms with Gasteiger partial charge in [-0.2, -0.15) is 15.1 Å². The van der Waals surface area contributed by atoms with Crippen LogP contribution in [0.5, 0.6) is 6.01 Å². The monoisotopic (exact) mass is 618 g/mol. The highest BCUT2D eigenvalue weighted by molar-refractivity contribution is 5.98. The maximum Gasteiger partial charge on any atom is 0.407 e. The maximum absolute atomic E-state index is 16.7. The van der Waals surface area contributed by atoms with Crippen LogP contribution < -0.4 is 15.0 Å². The average Bonchev–Trinajstić information content (AvgIpc) is 3.67. The first-order chi connectivity index (χ1) is 21.8. The van der Waals surface area contributed by atoms with Crippen LogP contribution in [0.15, 0.2) is 24.5 Å². The average molecular weight is 619 g/mol. The van der Waals surface area contributed by atoms with Crippen molar-refractivity contribution in [2.45, 2.75) is 64.1 Å². The molecular formula is C32H39FN8O4. The van der Waals surface area contributed by atoms with Crippen molar-refractivity contribution in [1.29, 1.82) is 0 Å². The van der Waals surface area contributed by atoms with E-state index < -0.39 is 17.4 Å². The quantitative estimate of drug-likeness (QED) is 0.308. The SMILES string of the molecule is CCOC(=O)N[C@]1(C)CCCN(c2nc(OCC3CCC4COCCN43)nc3c(F)c(-c4cc(C)cc5[nH]ncc45)ncc23)C1. The van der Waals surface area contributed by atoms with E-state index in [-0.39, 0.29) is 29.9 Å². The van der Waals surface area contributed by atoms with Crippen molar-refractivity contribution in [2.24, 2.45) is 0 Å². The van der Waals surface area contributed by atoms with Gasteiger partial charge in [0.05, 0.1) is 42.5 Å². The fraction of sp³-hybridized carbons (Fsp3) is 0.531. The van der Waals surface area contributed by atoms with Crippen molar-refractivity contribution in [2.75, 3.05) is 51.0 Å². The Bertz CT molecular complexity index is 1730. The molecule has 1 aromatic carbocycles. The van der Waals surface area contributed by atoms with Crippen LogP contribution in [-0.2, 0) is 9.47 Å². The minimum absolute atomic E-state index is 0.119. The van der Waals surface area contributed by atoms with E-state index in [1.807, 2.05) is 26.0 Å². The number of alkyl carbamates (subject to hydrolysis) is 1. The first-order valence-electron chi connectivity index (χ1n) is 15.8. The van der Waals surface area contributed by atoms with Crippen molar-refractivity contribution in [3.63, 3.8) is 0 Å². The largest absolute Gasteiger partial charge is 0.462 e. The molecule has 2 N–H and O–H groups in total. The number of piperidine rings is 1. The highest BCUT2D eigenvalue weighted by Crippen LogP contribution is 2.37. The molecule has 238 valence electrons. The van der Waals surface area contributed by atoms with Crippen LogP contribution in [0.3, 0.4) is 0 Å². The van der Waals surface area contributed by atoms with Gasteiger partial charge in [0, 0.05) is 48.9 Å². The highest BCUT2D eigenvalue weighted by atomic mass is 19.1. The number of rotatable bonds is 7. The minimum Gasteiger partial charge on any atom is -0.462 e. The van der Waals surface area contributed by atoms with Crippen molar-refractivity contribution < 1.29 is 23.4 Å². The number of H-pyrrole nitrogens is 1. The number of fused-ring (bicyclic) bond motifs is 3. The Balaban J connectivity index is 1.28. The predicted octanol–water partition coefficient (Wildman–Crippen LogP) is 4.36. The van der Waals surface area contributed by atoms with E-state index in [1.54, 1.807) is 19.3 Å². The molecule has 3 saturated heterocycles. The predicted molar refractivity (Wildman–Crippen MR) is 167 cm³/mol. The topological polar surface area (TPSA) is 131 Å². The van der Waals surface area contributed by atoms with Gasteiger partial charge in [0.2, 0.25) is 0 Å². The number of halogens is 1. The van der Waals surface area contributed by atoms with Gasteiger partial charge < -0.3 is 24.4 Å². The summed E-state index contributed by atoms with van der Waals surface area (Å²) in [4.78, 5) is 31.0. The van der Waals surface area contributed by atoms with Gasteiger partial charge >= 0.3 is 12.1 Å². The lowest BCUT2D eigenvalue weighted by Gasteiger charge is -2.41. The number of pyridine rings is 1. The van der Waals surface area contributed by atoms with Crippen LogP contribution in [0.4, 0.5) is 15.0 Å². The number of carbonyl (C=O) groups excluding carboxylic acids is 1. The van der Waals surface area contributed by atoms with E-state index in [0.29, 0.717) is 49.1 Å². The molecular weight excluding hydrogens is 579 g/mol. The Morgan fingerprint density at radius 2 is 2.11 bits per heavy atom. The molecule has 2 unspecified atom stereocenters. The van der Waals surface area contributed by atoms with E-state index in [9.17, 15) is 4.79 Å². The van der Waals surface area contributed by atoms with Crippen LogP contribution in [0.2, 0.25) is 0 Å². The maximum atomic E-state index is 16.7. The van der Waals surface area contributed by atoms with Crippen LogP contribution in [0, 0.1) is 12.7 Å². The number of morpholine rings is 1. The lowest BCUT2D eigenvalue weighted by Crippen LogP contribution is -2.57. The summed E-state index contributed by atoms with van der Waals surface area (Å²) in [7, 11) is 0. The van der Waals surface area contributed by atoms with E-state index in [0.717, 1.165) is 55.3 Å². The number of aromatic amines is 1. The number of benzene rings is 1. The zero-order valence-electron chi connectivity index (χ0n) is 25.9. The first kappa shape index (κ1) is 29.6. The fourth-order valence-corrected chi connectivity index (χ4v) is 7.14. The number of aryl methyl sites for hydroxylation is 1. The molecule has 3 aliphatic rings. The summed E-state index contributed by atoms with van der Waals surface area (Å²) < 4.78 is 33.8. The fourth-order valence-electron chi connectivity index (χ4n) is 7.14. The lowest BCUT2D eigenvalue weighted by atomic mass is 9.91. The molecule has 12 nitrogen and oxygen atoms in total. The van der Waals surface area contributed by atoms with E-state index in [2.05, 4.69) is 35.3 Å². The molecule has 0 spiro atoms. The van der Waals surface area contributed by atoms with E-state index in [4.69, 9.17) is 19.2 Å². The molecule has 3 aliphatic heterocycles. The van der Waals surface area contributed by atoms with E-state index in [1.165, 1.54) is 0 Å². The number of hydrogen-bond donors (Lipinski definition) is 2. The molecule has 0 radical (unpaired) electrons. The molecule has 0 aliphatic carbocycles. The molecule has 13 heteroatoms. The normalized spacial score (nSPS) is 23.8. The van der Waals surface area contributed by atoms with Crippen LogP contribution in [0.25, 0.3) is 33.1 Å². The summed E-state index contributed by atoms with van der Waals surface area (Å²) in [6, 6.07) is 4.61. The smallest absolute Gasteiger partial charge is 0.407 e. The third-order valence-corrected chi connectivity index (χ3v) is 9.26. The second-order valence-corrected chi connectivity index (χ2v) is 12.6. The van der Waals surface area contributed by atoms with Crippen molar-refractivity contribution in [1.82, 2.24) is 35.4 Å². The zero-order valence-corrected chi connectivity index (χ0v) is 25.9. The van der Waals surface area contributed by atoms with Gasteiger partial charge in [-0.3, -0.25) is 15.0 Å². The zero-order chi connectivity index (χ0) is 31.1. The third kappa shape index (κ3) is 5.74. The summed E-state index contributed by atoms with van der Waals surface area (Å²) in [5.74, 6) is -0.0227. The molecule has 0 bridgehead atoms. The van der Waals surface area contributed by atoms with Gasteiger partial charge in [-0.25, -0.2) is 9.18 Å². The number of anilines is 1. The number of ether oxygens (including phenoxy) is 3. The summed E-state index contributed by atoms with van der Waals surface area (Å²) in [5.41, 5.74) is 2.15. The van der Waals surface area contributed by atoms with Crippen LogP contribution >= 0.6 is 0 Å². The lowest BCUT2D eigenvalue weighted by molar-refractivity contribution is -0.0101. The molecule has 3 atom stereocenters. The van der Waals surface area contributed by atoms with Crippen molar-refractivity contribution in [3.05, 3.63) is 35.9 Å². The highest BCUT2D eigenvalue weighted by Gasteiger charge is 2.37. The van der Waals surface area contributed by atoms with Gasteiger partial charge in [-0.1, -0.05) is 0 Å². The summed E-state index contributed by atoms with van der Waals surface area (Å²) in [6.45, 7) is 9.84. The Morgan fingerprint density at radius 3 is 2.98 bits per heavy atom. The summed E-state index contributed by atoms with van der Waals surface area (Å²) >= 11 is 0. The standard InChI is InChI=1S/C32H39FN8O4/c1-4-44-31(42)38-32(3)8-5-9-40(18-32)29-24-14-34-27(22-12-19(2)13-25-23(22)15-35-39-25)26(33)28(24)36-30(37-29)45-17-21-7-6-20-16-43-11-10-41(20)21/h12-15,20-21H,4-11,16-18H2,1-3H3,(H,35,39)(H,38,42)/t20?,21?,32-/m1/s1. The molecule has 0 saturated carbocycles. The number of hydrogen-bond acceptors (Lipinski definition) is 10. The Labute approximate surface area is 260 Å². The molecule has 3 aromatic heterocycles. The van der Waals surface area contributed by atoms with Gasteiger partial charge in [-0.05, 0) is 64.2 Å². The summed E-state index contributed by atoms with van der Waals surface area (Å²) in [5, 5.41) is 11.4. The Kier molecular flexibility index (Phi) is 7.90. The summed E-state index contributed by atoms with van der Waals surface area (Å²) in [6.07, 6.45) is 6.47. The first-order valence-corrected chi connectivity index (χ1v) is 15.8. The number of nitrogens with one attached hydrogen (secondary N) is 2. The molecule has 6 heterocycles. The number of nitrogens with zero attached hydrogens (tertiary/aromatic N) is 6. The second-order valence-electron chi connectivity index (χ2n) is 12.6. The second kappa shape index (κ2) is 12.0. The molecule has 4 aromatic rings. The molecule has 7 rings (SSSR count).